The van der Waals surface area contributed by atoms with Gasteiger partial charge in [0.25, 0.3) is 0 Å². The predicted octanol–water partition coefficient (Wildman–Crippen LogP) is 3.83. The highest BCUT2D eigenvalue weighted by Crippen LogP contribution is 2.26. The Labute approximate surface area is 177 Å². The van der Waals surface area contributed by atoms with Gasteiger partial charge in [0.2, 0.25) is 0 Å². The van der Waals surface area contributed by atoms with Crippen molar-refractivity contribution in [1.29, 1.82) is 0 Å². The highest BCUT2D eigenvalue weighted by atomic mass is 16.5. The van der Waals surface area contributed by atoms with Crippen molar-refractivity contribution < 1.29 is 4.74 Å². The van der Waals surface area contributed by atoms with Crippen LogP contribution in [0.5, 0.6) is 5.75 Å². The minimum atomic E-state index is 0.840. The fraction of sp³-hybridized carbons (Fsp3) is 0.250. The van der Waals surface area contributed by atoms with Crippen molar-refractivity contribution in [2.75, 3.05) is 45.2 Å². The van der Waals surface area contributed by atoms with Gasteiger partial charge in [0.05, 0.1) is 7.11 Å². The van der Waals surface area contributed by atoms with Crippen LogP contribution in [0.3, 0.4) is 0 Å². The zero-order valence-electron chi connectivity index (χ0n) is 17.5. The van der Waals surface area contributed by atoms with Gasteiger partial charge in [-0.1, -0.05) is 30.3 Å². The molecule has 0 unspecified atom stereocenters. The van der Waals surface area contributed by atoms with Crippen LogP contribution in [0.2, 0.25) is 0 Å². The van der Waals surface area contributed by atoms with E-state index in [0.29, 0.717) is 0 Å². The first-order valence-electron chi connectivity index (χ1n) is 10.1. The molecule has 2 heterocycles. The molecule has 0 amide bonds. The maximum atomic E-state index is 5.27. The number of hydrogen-bond acceptors (Lipinski definition) is 4. The maximum absolute atomic E-state index is 5.27. The number of amidine groups is 1. The van der Waals surface area contributed by atoms with Gasteiger partial charge >= 0.3 is 0 Å². The quantitative estimate of drug-likeness (QED) is 0.482. The van der Waals surface area contributed by atoms with Gasteiger partial charge in [-0.05, 0) is 35.9 Å². The third kappa shape index (κ3) is 3.94. The molecule has 0 radical (unpaired) electrons. The average Bonchev–Trinajstić information content (AvgIpc) is 3.25. The predicted molar refractivity (Wildman–Crippen MR) is 124 cm³/mol. The monoisotopic (exact) mass is 401 g/mol. The number of methoxy groups -OCH3 is 1. The van der Waals surface area contributed by atoms with Crippen LogP contribution in [0.15, 0.2) is 77.0 Å². The zero-order valence-corrected chi connectivity index (χ0v) is 17.5. The van der Waals surface area contributed by atoms with E-state index in [9.17, 15) is 0 Å². The number of ether oxygens (including phenoxy) is 1. The second-order valence-electron chi connectivity index (χ2n) is 7.19. The summed E-state index contributed by atoms with van der Waals surface area (Å²) in [5, 5.41) is 4.20. The molecule has 0 aliphatic carbocycles. The normalized spacial score (nSPS) is 14.7. The number of para-hydroxylation sites is 1. The van der Waals surface area contributed by atoms with Crippen LogP contribution in [0.4, 0.5) is 5.69 Å². The van der Waals surface area contributed by atoms with Crippen molar-refractivity contribution in [2.45, 2.75) is 0 Å². The molecule has 0 N–H and O–H groups in total. The summed E-state index contributed by atoms with van der Waals surface area (Å²) in [5.41, 5.74) is 4.39. The molecule has 1 saturated heterocycles. The SMILES string of the molecule is C=Nn1cc(-c2ccc(OC)cc2)cc1/C(=N\C)N1CCN(c2ccccc2)CC1. The van der Waals surface area contributed by atoms with Gasteiger partial charge in [-0.2, -0.15) is 5.10 Å². The number of rotatable bonds is 5. The van der Waals surface area contributed by atoms with Crippen LogP contribution < -0.4 is 9.64 Å². The Balaban J connectivity index is 1.54. The van der Waals surface area contributed by atoms with Gasteiger partial charge in [-0.3, -0.25) is 4.99 Å². The highest BCUT2D eigenvalue weighted by Gasteiger charge is 2.23. The first kappa shape index (κ1) is 19.8. The molecular formula is C24H27N5O. The molecule has 0 saturated carbocycles. The van der Waals surface area contributed by atoms with E-state index in [1.54, 1.807) is 7.11 Å². The van der Waals surface area contributed by atoms with Crippen molar-refractivity contribution in [3.8, 4) is 16.9 Å². The summed E-state index contributed by atoms with van der Waals surface area (Å²) in [4.78, 5) is 9.36. The van der Waals surface area contributed by atoms with Crippen LogP contribution in [0.25, 0.3) is 11.1 Å². The number of nitrogens with zero attached hydrogens (tertiary/aromatic N) is 5. The Morgan fingerprint density at radius 2 is 1.63 bits per heavy atom. The van der Waals surface area contributed by atoms with Crippen LogP contribution >= 0.6 is 0 Å². The third-order valence-electron chi connectivity index (χ3n) is 5.52. The fourth-order valence-electron chi connectivity index (χ4n) is 3.91. The molecule has 0 spiro atoms. The molecule has 0 bridgehead atoms. The smallest absolute Gasteiger partial charge is 0.149 e. The van der Waals surface area contributed by atoms with Crippen molar-refractivity contribution in [2.24, 2.45) is 10.1 Å². The molecule has 1 aliphatic rings. The Kier molecular flexibility index (Phi) is 5.84. The molecule has 6 heteroatoms. The number of hydrogen-bond donors (Lipinski definition) is 0. The summed E-state index contributed by atoms with van der Waals surface area (Å²) in [6.07, 6.45) is 2.00. The summed E-state index contributed by atoms with van der Waals surface area (Å²) in [6, 6.07) is 20.7. The van der Waals surface area contributed by atoms with Crippen LogP contribution in [0.1, 0.15) is 5.69 Å². The van der Waals surface area contributed by atoms with E-state index < -0.39 is 0 Å². The Hall–Kier alpha value is -3.54. The molecule has 4 rings (SSSR count). The lowest BCUT2D eigenvalue weighted by molar-refractivity contribution is 0.384. The number of aliphatic imine (C=N–C) groups is 1. The van der Waals surface area contributed by atoms with Crippen molar-refractivity contribution in [1.82, 2.24) is 9.58 Å². The topological polar surface area (TPSA) is 45.4 Å². The summed E-state index contributed by atoms with van der Waals surface area (Å²) >= 11 is 0. The summed E-state index contributed by atoms with van der Waals surface area (Å²) in [7, 11) is 3.51. The Morgan fingerprint density at radius 3 is 2.23 bits per heavy atom. The standard InChI is InChI=1S/C24H27N5O/c1-25-24(28-15-13-27(14-16-28)21-7-5-4-6-8-21)23-17-20(18-29(23)26-2)19-9-11-22(30-3)12-10-19/h4-12,17-18H,2,13-16H2,1,3H3/b25-24+. The van der Waals surface area contributed by atoms with E-state index in [1.807, 2.05) is 42.2 Å². The van der Waals surface area contributed by atoms with Crippen LogP contribution in [-0.2, 0) is 0 Å². The first-order chi connectivity index (χ1) is 14.7. The van der Waals surface area contributed by atoms with E-state index in [2.05, 4.69) is 63.0 Å². The summed E-state index contributed by atoms with van der Waals surface area (Å²) < 4.78 is 7.08. The molecule has 0 atom stereocenters. The molecule has 6 nitrogen and oxygen atoms in total. The number of anilines is 1. The lowest BCUT2D eigenvalue weighted by Gasteiger charge is -2.37. The van der Waals surface area contributed by atoms with E-state index in [-0.39, 0.29) is 0 Å². The summed E-state index contributed by atoms with van der Waals surface area (Å²) in [6.45, 7) is 7.47. The van der Waals surface area contributed by atoms with Crippen molar-refractivity contribution in [3.05, 3.63) is 72.6 Å². The molecular weight excluding hydrogens is 374 g/mol. The average molecular weight is 402 g/mol. The van der Waals surface area contributed by atoms with E-state index in [0.717, 1.165) is 54.6 Å². The zero-order chi connectivity index (χ0) is 20.9. The largest absolute Gasteiger partial charge is 0.497 e. The molecule has 3 aromatic rings. The fourth-order valence-corrected chi connectivity index (χ4v) is 3.91. The van der Waals surface area contributed by atoms with Gasteiger partial charge < -0.3 is 14.5 Å². The second kappa shape index (κ2) is 8.86. The molecule has 1 fully saturated rings. The molecule has 154 valence electrons. The third-order valence-corrected chi connectivity index (χ3v) is 5.52. The van der Waals surface area contributed by atoms with Gasteiger partial charge in [0.15, 0.2) is 0 Å². The van der Waals surface area contributed by atoms with Gasteiger partial charge in [0, 0.05) is 57.4 Å². The van der Waals surface area contributed by atoms with E-state index in [4.69, 9.17) is 4.74 Å². The van der Waals surface area contributed by atoms with Gasteiger partial charge in [-0.15, -0.1) is 0 Å². The van der Waals surface area contributed by atoms with Crippen LogP contribution in [0, 0.1) is 0 Å². The van der Waals surface area contributed by atoms with Crippen molar-refractivity contribution in [3.63, 3.8) is 0 Å². The van der Waals surface area contributed by atoms with E-state index >= 15 is 0 Å². The highest BCUT2D eigenvalue weighted by molar-refractivity contribution is 5.99. The van der Waals surface area contributed by atoms with Crippen molar-refractivity contribution >= 4 is 18.2 Å². The molecule has 1 aliphatic heterocycles. The maximum Gasteiger partial charge on any atom is 0.149 e. The lowest BCUT2D eigenvalue weighted by atomic mass is 10.1. The van der Waals surface area contributed by atoms with Gasteiger partial charge in [0.1, 0.15) is 17.3 Å². The Morgan fingerprint density at radius 1 is 0.933 bits per heavy atom. The Bertz CT molecular complexity index is 1020. The number of benzene rings is 2. The molecule has 30 heavy (non-hydrogen) atoms. The minimum Gasteiger partial charge on any atom is -0.497 e. The van der Waals surface area contributed by atoms with Crippen LogP contribution in [-0.4, -0.2) is 62.5 Å². The minimum absolute atomic E-state index is 0.840. The molecule has 1 aromatic heterocycles. The summed E-state index contributed by atoms with van der Waals surface area (Å²) in [5.74, 6) is 1.78. The number of aromatic nitrogens is 1. The molecule has 2 aromatic carbocycles. The van der Waals surface area contributed by atoms with Gasteiger partial charge in [-0.25, -0.2) is 4.68 Å². The lowest BCUT2D eigenvalue weighted by Crippen LogP contribution is -2.49. The number of piperazine rings is 1. The first-order valence-corrected chi connectivity index (χ1v) is 10.1. The second-order valence-corrected chi connectivity index (χ2v) is 7.19. The van der Waals surface area contributed by atoms with E-state index in [1.165, 1.54) is 5.69 Å².